The van der Waals surface area contributed by atoms with Crippen LogP contribution < -0.4 is 4.74 Å². The Kier molecular flexibility index (Phi) is 3.19. The van der Waals surface area contributed by atoms with Crippen molar-refractivity contribution in [1.82, 2.24) is 4.98 Å². The van der Waals surface area contributed by atoms with Crippen molar-refractivity contribution in [2.75, 3.05) is 7.11 Å². The molecule has 0 radical (unpaired) electrons. The fourth-order valence-corrected chi connectivity index (χ4v) is 1.73. The summed E-state index contributed by atoms with van der Waals surface area (Å²) >= 11 is 0. The highest BCUT2D eigenvalue weighted by Crippen LogP contribution is 2.25. The lowest BCUT2D eigenvalue weighted by molar-refractivity contribution is 0.112. The van der Waals surface area contributed by atoms with E-state index in [9.17, 15) is 4.79 Å². The molecule has 3 heteroatoms. The Bertz CT molecular complexity index is 550. The number of rotatable bonds is 3. The zero-order valence-corrected chi connectivity index (χ0v) is 9.81. The molecule has 0 unspecified atom stereocenters. The molecule has 1 aromatic carbocycles. The lowest BCUT2D eigenvalue weighted by atomic mass is 10.0. The highest BCUT2D eigenvalue weighted by molar-refractivity contribution is 5.83. The number of methoxy groups -OCH3 is 1. The fourth-order valence-electron chi connectivity index (χ4n) is 1.73. The number of ether oxygens (including phenoxy) is 1. The van der Waals surface area contributed by atoms with E-state index in [0.29, 0.717) is 11.3 Å². The summed E-state index contributed by atoms with van der Waals surface area (Å²) in [5, 5.41) is 0. The molecule has 0 fully saturated rings. The number of hydrogen-bond acceptors (Lipinski definition) is 3. The van der Waals surface area contributed by atoms with E-state index < -0.39 is 0 Å². The maximum atomic E-state index is 10.9. The highest BCUT2D eigenvalue weighted by Gasteiger charge is 2.05. The van der Waals surface area contributed by atoms with Gasteiger partial charge in [-0.15, -0.1) is 0 Å². The van der Waals surface area contributed by atoms with Crippen molar-refractivity contribution in [3.63, 3.8) is 0 Å². The number of aldehydes is 1. The van der Waals surface area contributed by atoms with Gasteiger partial charge in [0.15, 0.2) is 6.29 Å². The minimum atomic E-state index is 0.555. The summed E-state index contributed by atoms with van der Waals surface area (Å²) in [7, 11) is 1.55. The molecule has 3 nitrogen and oxygen atoms in total. The summed E-state index contributed by atoms with van der Waals surface area (Å²) in [4.78, 5) is 15.1. The lowest BCUT2D eigenvalue weighted by Crippen LogP contribution is -1.91. The van der Waals surface area contributed by atoms with E-state index in [1.165, 1.54) is 0 Å². The fraction of sp³-hybridized carbons (Fsp3) is 0.143. The third kappa shape index (κ3) is 2.33. The van der Waals surface area contributed by atoms with Crippen molar-refractivity contribution in [3.05, 3.63) is 47.8 Å². The van der Waals surface area contributed by atoms with Gasteiger partial charge in [-0.2, -0.15) is 0 Å². The van der Waals surface area contributed by atoms with Gasteiger partial charge in [0.2, 0.25) is 0 Å². The number of nitrogens with zero attached hydrogens (tertiary/aromatic N) is 1. The van der Waals surface area contributed by atoms with Gasteiger partial charge in [0.05, 0.1) is 12.7 Å². The minimum absolute atomic E-state index is 0.555. The smallest absolute Gasteiger partial charge is 0.153 e. The van der Waals surface area contributed by atoms with Gasteiger partial charge in [0.1, 0.15) is 5.75 Å². The van der Waals surface area contributed by atoms with Crippen molar-refractivity contribution in [1.29, 1.82) is 0 Å². The normalized spacial score (nSPS) is 10.0. The van der Waals surface area contributed by atoms with Crippen molar-refractivity contribution in [3.8, 4) is 16.9 Å². The molecule has 0 N–H and O–H groups in total. The molecule has 2 aromatic rings. The van der Waals surface area contributed by atoms with Gasteiger partial charge >= 0.3 is 0 Å². The van der Waals surface area contributed by atoms with Gasteiger partial charge in [0.25, 0.3) is 0 Å². The van der Waals surface area contributed by atoms with Gasteiger partial charge in [-0.1, -0.05) is 6.07 Å². The second-order valence-electron chi connectivity index (χ2n) is 3.76. The van der Waals surface area contributed by atoms with E-state index in [2.05, 4.69) is 4.98 Å². The number of pyridine rings is 1. The van der Waals surface area contributed by atoms with Crippen LogP contribution in [0.4, 0.5) is 0 Å². The Labute approximate surface area is 100 Å². The van der Waals surface area contributed by atoms with Crippen molar-refractivity contribution >= 4 is 6.29 Å². The third-order valence-electron chi connectivity index (χ3n) is 2.59. The third-order valence-corrected chi connectivity index (χ3v) is 2.59. The molecule has 0 aliphatic rings. The van der Waals surface area contributed by atoms with Crippen LogP contribution in [0.25, 0.3) is 11.1 Å². The predicted molar refractivity (Wildman–Crippen MR) is 66.3 cm³/mol. The SMILES string of the molecule is COc1ccc(-c2ccnc(C)c2)cc1C=O. The van der Waals surface area contributed by atoms with Crippen LogP contribution in [0.15, 0.2) is 36.5 Å². The second kappa shape index (κ2) is 4.78. The Morgan fingerprint density at radius 1 is 1.18 bits per heavy atom. The standard InChI is InChI=1S/C14H13NO2/c1-10-7-12(5-6-15-10)11-3-4-14(17-2)13(8-11)9-16/h3-9H,1-2H3. The number of aryl methyl sites for hydroxylation is 1. The summed E-state index contributed by atoms with van der Waals surface area (Å²) in [5.41, 5.74) is 3.53. The van der Waals surface area contributed by atoms with Crippen LogP contribution in [0.2, 0.25) is 0 Å². The first kappa shape index (κ1) is 11.3. The summed E-state index contributed by atoms with van der Waals surface area (Å²) < 4.78 is 5.11. The molecule has 0 aliphatic heterocycles. The molecule has 0 spiro atoms. The first-order valence-corrected chi connectivity index (χ1v) is 5.31. The van der Waals surface area contributed by atoms with Crippen LogP contribution >= 0.6 is 0 Å². The van der Waals surface area contributed by atoms with E-state index >= 15 is 0 Å². The van der Waals surface area contributed by atoms with Crippen molar-refractivity contribution < 1.29 is 9.53 Å². The lowest BCUT2D eigenvalue weighted by Gasteiger charge is -2.07. The Morgan fingerprint density at radius 3 is 2.59 bits per heavy atom. The minimum Gasteiger partial charge on any atom is -0.496 e. The second-order valence-corrected chi connectivity index (χ2v) is 3.76. The van der Waals surface area contributed by atoms with Crippen LogP contribution in [-0.2, 0) is 0 Å². The molecule has 1 aromatic heterocycles. The summed E-state index contributed by atoms with van der Waals surface area (Å²) in [6.45, 7) is 1.94. The molecule has 0 bridgehead atoms. The zero-order chi connectivity index (χ0) is 12.3. The largest absolute Gasteiger partial charge is 0.496 e. The molecule has 0 saturated carbocycles. The van der Waals surface area contributed by atoms with Crippen LogP contribution in [0.3, 0.4) is 0 Å². The van der Waals surface area contributed by atoms with Crippen LogP contribution in [0.5, 0.6) is 5.75 Å². The Morgan fingerprint density at radius 2 is 1.94 bits per heavy atom. The van der Waals surface area contributed by atoms with Crippen LogP contribution in [0, 0.1) is 6.92 Å². The molecule has 0 aliphatic carbocycles. The molecule has 1 heterocycles. The molecule has 17 heavy (non-hydrogen) atoms. The van der Waals surface area contributed by atoms with Crippen LogP contribution in [0.1, 0.15) is 16.1 Å². The van der Waals surface area contributed by atoms with E-state index in [1.807, 2.05) is 31.2 Å². The average Bonchev–Trinajstić information content (AvgIpc) is 2.38. The Balaban J connectivity index is 2.50. The first-order chi connectivity index (χ1) is 8.24. The van der Waals surface area contributed by atoms with E-state index in [-0.39, 0.29) is 0 Å². The van der Waals surface area contributed by atoms with E-state index in [0.717, 1.165) is 23.1 Å². The maximum absolute atomic E-state index is 10.9. The van der Waals surface area contributed by atoms with E-state index in [4.69, 9.17) is 4.74 Å². The van der Waals surface area contributed by atoms with Crippen molar-refractivity contribution in [2.24, 2.45) is 0 Å². The Hall–Kier alpha value is -2.16. The van der Waals surface area contributed by atoms with Crippen LogP contribution in [-0.4, -0.2) is 18.4 Å². The van der Waals surface area contributed by atoms with Crippen molar-refractivity contribution in [2.45, 2.75) is 6.92 Å². The molecule has 0 atom stereocenters. The number of aromatic nitrogens is 1. The molecular formula is C14H13NO2. The molecule has 0 amide bonds. The number of benzene rings is 1. The highest BCUT2D eigenvalue weighted by atomic mass is 16.5. The molecule has 0 saturated heterocycles. The average molecular weight is 227 g/mol. The number of carbonyl (C=O) groups is 1. The summed E-state index contributed by atoms with van der Waals surface area (Å²) in [5.74, 6) is 0.592. The van der Waals surface area contributed by atoms with Gasteiger partial charge < -0.3 is 4.74 Å². The predicted octanol–water partition coefficient (Wildman–Crippen LogP) is 2.88. The van der Waals surface area contributed by atoms with E-state index in [1.54, 1.807) is 19.4 Å². The topological polar surface area (TPSA) is 39.2 Å². The molecule has 86 valence electrons. The van der Waals surface area contributed by atoms with Gasteiger partial charge in [-0.05, 0) is 42.3 Å². The van der Waals surface area contributed by atoms with Gasteiger partial charge in [-0.25, -0.2) is 0 Å². The first-order valence-electron chi connectivity index (χ1n) is 5.31. The molecule has 2 rings (SSSR count). The molecular weight excluding hydrogens is 214 g/mol. The monoisotopic (exact) mass is 227 g/mol. The maximum Gasteiger partial charge on any atom is 0.153 e. The quantitative estimate of drug-likeness (QED) is 0.757. The van der Waals surface area contributed by atoms with Gasteiger partial charge in [0, 0.05) is 11.9 Å². The summed E-state index contributed by atoms with van der Waals surface area (Å²) in [6, 6.07) is 9.45. The number of hydrogen-bond donors (Lipinski definition) is 0. The number of carbonyl (C=O) groups excluding carboxylic acids is 1. The zero-order valence-electron chi connectivity index (χ0n) is 9.81. The van der Waals surface area contributed by atoms with Gasteiger partial charge in [-0.3, -0.25) is 9.78 Å². The summed E-state index contributed by atoms with van der Waals surface area (Å²) in [6.07, 6.45) is 2.56.